The molecule has 0 bridgehead atoms. The summed E-state index contributed by atoms with van der Waals surface area (Å²) in [6.07, 6.45) is 1.37. The third-order valence-electron chi connectivity index (χ3n) is 5.29. The molecule has 4 rings (SSSR count). The van der Waals surface area contributed by atoms with Crippen LogP contribution in [0.1, 0.15) is 12.0 Å². The number of hydrogen-bond acceptors (Lipinski definition) is 7. The highest BCUT2D eigenvalue weighted by Gasteiger charge is 2.35. The molecule has 2 aromatic carbocycles. The molecule has 0 saturated carbocycles. The first-order valence-corrected chi connectivity index (χ1v) is 9.96. The first kappa shape index (κ1) is 19.9. The molecule has 0 radical (unpaired) electrons. The van der Waals surface area contributed by atoms with E-state index in [4.69, 9.17) is 28.6 Å². The summed E-state index contributed by atoms with van der Waals surface area (Å²) in [5.41, 5.74) is 7.54. The molecule has 0 spiro atoms. The SMILES string of the molecule is [2H]O[C@@H]1C[C@@H](C(N)=O)N(Cc2cc3c(Nc4ccc(F)c(Cl)c4)ncnc3cc2OC)C1. The van der Waals surface area contributed by atoms with Crippen LogP contribution in [-0.2, 0) is 11.3 Å². The average molecular weight is 447 g/mol. The molecule has 3 aromatic rings. The Labute approximate surface area is 184 Å². The fraction of sp³-hybridized carbons (Fsp3) is 0.286. The molecule has 31 heavy (non-hydrogen) atoms. The summed E-state index contributed by atoms with van der Waals surface area (Å²) >= 11 is 5.89. The van der Waals surface area contributed by atoms with Gasteiger partial charge in [0.1, 0.15) is 23.7 Å². The Morgan fingerprint density at radius 1 is 1.45 bits per heavy atom. The van der Waals surface area contributed by atoms with Crippen LogP contribution in [-0.4, -0.2) is 53.1 Å². The van der Waals surface area contributed by atoms with Crippen LogP contribution in [0.15, 0.2) is 36.7 Å². The highest BCUT2D eigenvalue weighted by Crippen LogP contribution is 2.32. The van der Waals surface area contributed by atoms with Crippen molar-refractivity contribution in [3.63, 3.8) is 0 Å². The highest BCUT2D eigenvalue weighted by atomic mass is 35.5. The number of primary amides is 1. The zero-order chi connectivity index (χ0) is 22.8. The van der Waals surface area contributed by atoms with Crippen LogP contribution in [0, 0.1) is 5.82 Å². The summed E-state index contributed by atoms with van der Waals surface area (Å²) in [5, 5.41) is 8.53. The molecule has 0 unspecified atom stereocenters. The number of aromatic nitrogens is 2. The fourth-order valence-electron chi connectivity index (χ4n) is 3.80. The van der Waals surface area contributed by atoms with Crippen LogP contribution in [0.3, 0.4) is 0 Å². The summed E-state index contributed by atoms with van der Waals surface area (Å²) in [5.74, 6) is 0.108. The Hall–Kier alpha value is -3.01. The maximum atomic E-state index is 13.5. The van der Waals surface area contributed by atoms with Gasteiger partial charge in [0.2, 0.25) is 7.34 Å². The van der Waals surface area contributed by atoms with E-state index < -0.39 is 23.9 Å². The number of carbonyl (C=O) groups is 1. The van der Waals surface area contributed by atoms with Crippen molar-refractivity contribution in [3.8, 4) is 5.75 Å². The molecule has 10 heteroatoms. The van der Waals surface area contributed by atoms with E-state index in [1.54, 1.807) is 19.2 Å². The molecular formula is C21H21ClFN5O3. The largest absolute Gasteiger partial charge is 0.496 e. The number of nitrogens with zero attached hydrogens (tertiary/aromatic N) is 3. The first-order chi connectivity index (χ1) is 15.4. The molecule has 1 aliphatic rings. The number of ether oxygens (including phenoxy) is 1. The summed E-state index contributed by atoms with van der Waals surface area (Å²) < 4.78 is 26.2. The van der Waals surface area contributed by atoms with Gasteiger partial charge in [-0.1, -0.05) is 11.6 Å². The van der Waals surface area contributed by atoms with Crippen LogP contribution < -0.4 is 15.8 Å². The number of amides is 1. The van der Waals surface area contributed by atoms with Crippen molar-refractivity contribution < 1.29 is 19.0 Å². The summed E-state index contributed by atoms with van der Waals surface area (Å²) in [7, 11) is 1.55. The van der Waals surface area contributed by atoms with Crippen molar-refractivity contribution in [2.75, 3.05) is 19.0 Å². The van der Waals surface area contributed by atoms with E-state index in [1.165, 1.54) is 18.5 Å². The standard InChI is InChI=1S/C21H21ClFN5O3/c1-31-19-7-17-14(4-11(19)8-28-9-13(29)6-18(28)20(24)30)21(26-10-25-17)27-12-2-3-16(23)15(22)5-12/h2-5,7,10,13,18,29H,6,8-9H2,1H3,(H2,24,30)(H,25,26,27)/t13-,18+/m1/s1/i29D. The Morgan fingerprint density at radius 2 is 2.29 bits per heavy atom. The molecule has 4 N–H and O–H groups in total. The van der Waals surface area contributed by atoms with E-state index in [2.05, 4.69) is 15.3 Å². The number of β-amino-alcohol motifs (C(OH)–C–C–N with tert-alkyl or cyclic N) is 1. The van der Waals surface area contributed by atoms with Gasteiger partial charge in [0, 0.05) is 35.8 Å². The molecule has 8 nitrogen and oxygen atoms in total. The van der Waals surface area contributed by atoms with E-state index in [0.717, 1.165) is 5.56 Å². The van der Waals surface area contributed by atoms with Crippen molar-refractivity contribution in [2.24, 2.45) is 5.73 Å². The van der Waals surface area contributed by atoms with E-state index in [1.807, 2.05) is 11.0 Å². The number of likely N-dealkylation sites (tertiary alicyclic amines) is 1. The Morgan fingerprint density at radius 3 is 3.00 bits per heavy atom. The maximum absolute atomic E-state index is 13.5. The van der Waals surface area contributed by atoms with Gasteiger partial charge in [-0.3, -0.25) is 9.69 Å². The van der Waals surface area contributed by atoms with Gasteiger partial charge in [-0.15, -0.1) is 0 Å². The van der Waals surface area contributed by atoms with Gasteiger partial charge in [0.25, 0.3) is 0 Å². The monoisotopic (exact) mass is 446 g/mol. The number of fused-ring (bicyclic) bond motifs is 1. The van der Waals surface area contributed by atoms with Gasteiger partial charge in [-0.05, 0) is 30.7 Å². The molecule has 162 valence electrons. The normalized spacial score (nSPS) is 19.4. The number of aliphatic hydroxyl groups is 1. The Bertz CT molecular complexity index is 1170. The molecule has 2 atom stereocenters. The third-order valence-corrected chi connectivity index (χ3v) is 5.58. The maximum Gasteiger partial charge on any atom is 0.234 e. The van der Waals surface area contributed by atoms with Gasteiger partial charge >= 0.3 is 0 Å². The van der Waals surface area contributed by atoms with E-state index in [-0.39, 0.29) is 5.02 Å². The minimum Gasteiger partial charge on any atom is -0.496 e. The molecule has 1 aliphatic heterocycles. The van der Waals surface area contributed by atoms with Crippen molar-refractivity contribution in [2.45, 2.75) is 25.1 Å². The van der Waals surface area contributed by atoms with Gasteiger partial charge in [-0.25, -0.2) is 14.4 Å². The molecular weight excluding hydrogens is 425 g/mol. The van der Waals surface area contributed by atoms with E-state index >= 15 is 0 Å². The predicted octanol–water partition coefficient (Wildman–Crippen LogP) is 2.59. The number of halogens is 2. The van der Waals surface area contributed by atoms with Crippen LogP contribution in [0.25, 0.3) is 10.9 Å². The number of methoxy groups -OCH3 is 1. The molecule has 1 aromatic heterocycles. The van der Waals surface area contributed by atoms with Crippen LogP contribution in [0.4, 0.5) is 15.9 Å². The lowest BCUT2D eigenvalue weighted by Crippen LogP contribution is -2.39. The van der Waals surface area contributed by atoms with Crippen molar-refractivity contribution >= 4 is 39.9 Å². The number of hydrogen-bond donors (Lipinski definition) is 3. The molecule has 1 fully saturated rings. The van der Waals surface area contributed by atoms with Gasteiger partial charge < -0.3 is 20.9 Å². The van der Waals surface area contributed by atoms with E-state index in [0.29, 0.717) is 47.7 Å². The minimum absolute atomic E-state index is 0.00610. The lowest BCUT2D eigenvalue weighted by Gasteiger charge is -2.23. The second-order valence-corrected chi connectivity index (χ2v) is 7.77. The topological polar surface area (TPSA) is 114 Å². The number of nitrogens with two attached hydrogens (primary N) is 1. The number of anilines is 2. The van der Waals surface area contributed by atoms with Gasteiger partial charge in [-0.2, -0.15) is 0 Å². The number of carbonyl (C=O) groups excluding carboxylic acids is 1. The van der Waals surface area contributed by atoms with Crippen molar-refractivity contribution in [3.05, 3.63) is 53.1 Å². The second-order valence-electron chi connectivity index (χ2n) is 7.36. The molecule has 1 amide bonds. The number of rotatable bonds is 7. The number of benzene rings is 2. The van der Waals surface area contributed by atoms with Crippen molar-refractivity contribution in [1.82, 2.24) is 14.9 Å². The number of nitrogens with one attached hydrogen (secondary N) is 1. The number of aliphatic hydroxyl groups excluding tert-OH is 1. The average Bonchev–Trinajstić information content (AvgIpc) is 3.19. The quantitative estimate of drug-likeness (QED) is 0.511. The van der Waals surface area contributed by atoms with Gasteiger partial charge in [0.15, 0.2) is 0 Å². The zero-order valence-corrected chi connectivity index (χ0v) is 17.4. The molecule has 2 heterocycles. The molecule has 0 aliphatic carbocycles. The summed E-state index contributed by atoms with van der Waals surface area (Å²) in [4.78, 5) is 22.4. The van der Waals surface area contributed by atoms with E-state index in [9.17, 15) is 9.18 Å². The van der Waals surface area contributed by atoms with Crippen LogP contribution in [0.2, 0.25) is 5.02 Å². The van der Waals surface area contributed by atoms with Crippen LogP contribution in [0.5, 0.6) is 5.75 Å². The zero-order valence-electron chi connectivity index (χ0n) is 17.6. The summed E-state index contributed by atoms with van der Waals surface area (Å²) in [6.45, 7) is 0.742. The second kappa shape index (κ2) is 8.62. The Kier molecular flexibility index (Phi) is 5.54. The lowest BCUT2D eigenvalue weighted by atomic mass is 10.1. The van der Waals surface area contributed by atoms with Crippen LogP contribution >= 0.6 is 11.6 Å². The van der Waals surface area contributed by atoms with Gasteiger partial charge in [0.05, 0.1) is 29.8 Å². The Balaban J connectivity index is 1.70. The minimum atomic E-state index is -0.545. The summed E-state index contributed by atoms with van der Waals surface area (Å²) in [6, 6.07) is 7.40. The fourth-order valence-corrected chi connectivity index (χ4v) is 3.98. The van der Waals surface area contributed by atoms with Crippen molar-refractivity contribution in [1.29, 1.82) is 1.43 Å². The molecule has 1 saturated heterocycles. The highest BCUT2D eigenvalue weighted by molar-refractivity contribution is 6.31. The smallest absolute Gasteiger partial charge is 0.234 e. The predicted molar refractivity (Wildman–Crippen MR) is 115 cm³/mol. The lowest BCUT2D eigenvalue weighted by molar-refractivity contribution is -0.122. The first-order valence-electron chi connectivity index (χ1n) is 9.99. The third kappa shape index (κ3) is 4.39.